The summed E-state index contributed by atoms with van der Waals surface area (Å²) in [6, 6.07) is 12.2. The molecule has 2 aromatic rings. The number of phenolic OH excluding ortho intramolecular Hbond substituents is 1. The van der Waals surface area contributed by atoms with Crippen LogP contribution >= 0.6 is 0 Å². The molecular formula is C15H17NO. The van der Waals surface area contributed by atoms with Crippen molar-refractivity contribution in [3.63, 3.8) is 0 Å². The molecule has 0 amide bonds. The molecule has 1 aliphatic carbocycles. The van der Waals surface area contributed by atoms with E-state index in [2.05, 4.69) is 24.4 Å². The fraction of sp³-hybridized carbons (Fsp3) is 0.333. The Morgan fingerprint density at radius 2 is 1.82 bits per heavy atom. The van der Waals surface area contributed by atoms with Crippen molar-refractivity contribution in [2.24, 2.45) is 5.92 Å². The molecule has 1 aliphatic rings. The molecule has 0 heterocycles. The highest BCUT2D eigenvalue weighted by Crippen LogP contribution is 2.36. The normalized spacial score (nSPS) is 17.0. The third-order valence-corrected chi connectivity index (χ3v) is 3.61. The summed E-state index contributed by atoms with van der Waals surface area (Å²) >= 11 is 0. The molecule has 2 N–H and O–H groups in total. The molecule has 2 heteroatoms. The minimum atomic E-state index is 0.352. The van der Waals surface area contributed by atoms with E-state index < -0.39 is 0 Å². The number of aromatic hydroxyl groups is 1. The van der Waals surface area contributed by atoms with Gasteiger partial charge in [-0.1, -0.05) is 24.3 Å². The molecule has 1 atom stereocenters. The van der Waals surface area contributed by atoms with Crippen LogP contribution in [0.3, 0.4) is 0 Å². The highest BCUT2D eigenvalue weighted by molar-refractivity contribution is 5.97. The molecule has 1 unspecified atom stereocenters. The molecule has 17 heavy (non-hydrogen) atoms. The number of rotatable bonds is 3. The third-order valence-electron chi connectivity index (χ3n) is 3.61. The van der Waals surface area contributed by atoms with Crippen molar-refractivity contribution in [3.8, 4) is 5.75 Å². The van der Waals surface area contributed by atoms with E-state index in [0.717, 1.165) is 22.4 Å². The van der Waals surface area contributed by atoms with E-state index >= 15 is 0 Å². The Bertz CT molecular complexity index is 546. The van der Waals surface area contributed by atoms with Gasteiger partial charge >= 0.3 is 0 Å². The fourth-order valence-electron chi connectivity index (χ4n) is 2.38. The van der Waals surface area contributed by atoms with Crippen LogP contribution in [0.2, 0.25) is 0 Å². The van der Waals surface area contributed by atoms with Gasteiger partial charge in [0.25, 0.3) is 0 Å². The summed E-state index contributed by atoms with van der Waals surface area (Å²) in [7, 11) is 0. The van der Waals surface area contributed by atoms with Crippen LogP contribution in [-0.2, 0) is 0 Å². The van der Waals surface area contributed by atoms with Crippen LogP contribution in [-0.4, -0.2) is 11.1 Å². The lowest BCUT2D eigenvalue weighted by Gasteiger charge is -2.16. The Kier molecular flexibility index (Phi) is 2.43. The predicted molar refractivity (Wildman–Crippen MR) is 71.4 cm³/mol. The Morgan fingerprint density at radius 1 is 1.12 bits per heavy atom. The number of anilines is 1. The Balaban J connectivity index is 2.00. The Hall–Kier alpha value is -1.70. The number of fused-ring (bicyclic) bond motifs is 1. The van der Waals surface area contributed by atoms with Crippen LogP contribution in [0.5, 0.6) is 5.75 Å². The molecule has 2 aromatic carbocycles. The van der Waals surface area contributed by atoms with E-state index in [4.69, 9.17) is 0 Å². The first kappa shape index (κ1) is 10.5. The summed E-state index contributed by atoms with van der Waals surface area (Å²) in [6.07, 6.45) is 2.67. The average Bonchev–Trinajstić information content (AvgIpc) is 3.14. The summed E-state index contributed by atoms with van der Waals surface area (Å²) in [5.74, 6) is 1.17. The second-order valence-electron chi connectivity index (χ2n) is 4.95. The zero-order valence-corrected chi connectivity index (χ0v) is 9.98. The summed E-state index contributed by atoms with van der Waals surface area (Å²) in [5.41, 5.74) is 1.12. The largest absolute Gasteiger partial charge is 0.507 e. The van der Waals surface area contributed by atoms with Crippen molar-refractivity contribution >= 4 is 16.5 Å². The average molecular weight is 227 g/mol. The number of phenols is 1. The van der Waals surface area contributed by atoms with Gasteiger partial charge in [0.15, 0.2) is 0 Å². The van der Waals surface area contributed by atoms with Gasteiger partial charge in [-0.3, -0.25) is 0 Å². The zero-order valence-electron chi connectivity index (χ0n) is 9.98. The molecule has 0 saturated heterocycles. The predicted octanol–water partition coefficient (Wildman–Crippen LogP) is 3.76. The molecule has 2 nitrogen and oxygen atoms in total. The number of benzene rings is 2. The van der Waals surface area contributed by atoms with Crippen LogP contribution in [0, 0.1) is 5.92 Å². The van der Waals surface area contributed by atoms with E-state index in [1.165, 1.54) is 12.8 Å². The van der Waals surface area contributed by atoms with E-state index in [1.54, 1.807) is 6.07 Å². The number of nitrogens with one attached hydrogen (secondary N) is 1. The first-order chi connectivity index (χ1) is 8.25. The monoisotopic (exact) mass is 227 g/mol. The van der Waals surface area contributed by atoms with E-state index in [0.29, 0.717) is 11.8 Å². The lowest BCUT2D eigenvalue weighted by Crippen LogP contribution is -2.17. The molecular weight excluding hydrogens is 210 g/mol. The molecule has 0 aromatic heterocycles. The van der Waals surface area contributed by atoms with Crippen LogP contribution in [0.1, 0.15) is 19.8 Å². The van der Waals surface area contributed by atoms with Crippen molar-refractivity contribution in [1.82, 2.24) is 0 Å². The molecule has 0 bridgehead atoms. The first-order valence-electron chi connectivity index (χ1n) is 6.23. The zero-order chi connectivity index (χ0) is 11.8. The minimum Gasteiger partial charge on any atom is -0.507 e. The smallest absolute Gasteiger partial charge is 0.123 e. The van der Waals surface area contributed by atoms with Crippen LogP contribution in [0.25, 0.3) is 10.8 Å². The Morgan fingerprint density at radius 3 is 2.59 bits per heavy atom. The molecule has 1 fully saturated rings. The quantitative estimate of drug-likeness (QED) is 0.836. The van der Waals surface area contributed by atoms with Gasteiger partial charge in [-0.2, -0.15) is 0 Å². The summed E-state index contributed by atoms with van der Waals surface area (Å²) in [5, 5.41) is 15.4. The maximum Gasteiger partial charge on any atom is 0.123 e. The lowest BCUT2D eigenvalue weighted by molar-refractivity contribution is 0.481. The van der Waals surface area contributed by atoms with Crippen LogP contribution in [0.15, 0.2) is 36.4 Å². The molecule has 0 spiro atoms. The number of hydrogen-bond donors (Lipinski definition) is 2. The molecule has 88 valence electrons. The third kappa shape index (κ3) is 1.95. The van der Waals surface area contributed by atoms with Crippen LogP contribution in [0.4, 0.5) is 5.69 Å². The van der Waals surface area contributed by atoms with Crippen LogP contribution < -0.4 is 5.32 Å². The van der Waals surface area contributed by atoms with Crippen molar-refractivity contribution in [2.45, 2.75) is 25.8 Å². The summed E-state index contributed by atoms with van der Waals surface area (Å²) in [4.78, 5) is 0. The molecule has 0 radical (unpaired) electrons. The minimum absolute atomic E-state index is 0.352. The van der Waals surface area contributed by atoms with Crippen molar-refractivity contribution in [3.05, 3.63) is 36.4 Å². The van der Waals surface area contributed by atoms with Gasteiger partial charge in [0.1, 0.15) is 5.75 Å². The van der Waals surface area contributed by atoms with Gasteiger partial charge in [0.05, 0.1) is 0 Å². The van der Waals surface area contributed by atoms with Gasteiger partial charge < -0.3 is 10.4 Å². The second kappa shape index (κ2) is 3.95. The van der Waals surface area contributed by atoms with Gasteiger partial charge in [0.2, 0.25) is 0 Å². The molecule has 1 saturated carbocycles. The highest BCUT2D eigenvalue weighted by Gasteiger charge is 2.27. The van der Waals surface area contributed by atoms with Gasteiger partial charge in [-0.25, -0.2) is 0 Å². The fourth-order valence-corrected chi connectivity index (χ4v) is 2.38. The van der Waals surface area contributed by atoms with Gasteiger partial charge in [-0.05, 0) is 37.8 Å². The van der Waals surface area contributed by atoms with Crippen molar-refractivity contribution in [2.75, 3.05) is 5.32 Å². The summed E-state index contributed by atoms with van der Waals surface area (Å²) < 4.78 is 0. The van der Waals surface area contributed by atoms with E-state index in [1.807, 2.05) is 18.2 Å². The maximum atomic E-state index is 9.82. The SMILES string of the molecule is CC(Nc1cccc2c(O)cccc12)C1CC1. The Labute approximate surface area is 101 Å². The van der Waals surface area contributed by atoms with E-state index in [9.17, 15) is 5.11 Å². The van der Waals surface area contributed by atoms with Gasteiger partial charge in [-0.15, -0.1) is 0 Å². The number of hydrogen-bond acceptors (Lipinski definition) is 2. The lowest BCUT2D eigenvalue weighted by atomic mass is 10.1. The van der Waals surface area contributed by atoms with Crippen molar-refractivity contribution in [1.29, 1.82) is 0 Å². The van der Waals surface area contributed by atoms with E-state index in [-0.39, 0.29) is 0 Å². The maximum absolute atomic E-state index is 9.82. The van der Waals surface area contributed by atoms with Crippen molar-refractivity contribution < 1.29 is 5.11 Å². The standard InChI is InChI=1S/C15H17NO/c1-10(11-8-9-11)16-14-6-2-5-13-12(14)4-3-7-15(13)17/h2-7,10-11,16-17H,8-9H2,1H3. The topological polar surface area (TPSA) is 32.3 Å². The molecule has 3 rings (SSSR count). The van der Waals surface area contributed by atoms with Gasteiger partial charge in [0, 0.05) is 22.5 Å². The first-order valence-corrected chi connectivity index (χ1v) is 6.23. The highest BCUT2D eigenvalue weighted by atomic mass is 16.3. The summed E-state index contributed by atoms with van der Waals surface area (Å²) in [6.45, 7) is 2.24. The second-order valence-corrected chi connectivity index (χ2v) is 4.95. The molecule has 0 aliphatic heterocycles.